The van der Waals surface area contributed by atoms with Crippen molar-refractivity contribution in [1.82, 2.24) is 4.98 Å². The molecule has 4 nitrogen and oxygen atoms in total. The molecule has 0 atom stereocenters. The molecule has 1 aliphatic carbocycles. The van der Waals surface area contributed by atoms with Gasteiger partial charge in [-0.1, -0.05) is 6.07 Å². The van der Waals surface area contributed by atoms with Gasteiger partial charge in [0.2, 0.25) is 11.7 Å². The second kappa shape index (κ2) is 4.45. The first-order valence-electron chi connectivity index (χ1n) is 5.76. The van der Waals surface area contributed by atoms with Crippen LogP contribution in [0.2, 0.25) is 0 Å². The average molecular weight is 326 g/mol. The highest BCUT2D eigenvalue weighted by molar-refractivity contribution is 9.10. The highest BCUT2D eigenvalue weighted by Crippen LogP contribution is 2.43. The van der Waals surface area contributed by atoms with E-state index < -0.39 is 11.8 Å². The Bertz CT molecular complexity index is 644. The van der Waals surface area contributed by atoms with Crippen LogP contribution in [-0.2, 0) is 0 Å². The molecule has 3 rings (SSSR count). The van der Waals surface area contributed by atoms with E-state index in [2.05, 4.69) is 20.9 Å². The van der Waals surface area contributed by atoms with Gasteiger partial charge in [0.1, 0.15) is 5.82 Å². The van der Waals surface area contributed by atoms with E-state index in [1.807, 2.05) is 0 Å². The van der Waals surface area contributed by atoms with E-state index >= 15 is 0 Å². The van der Waals surface area contributed by atoms with Crippen LogP contribution in [0.1, 0.15) is 35.0 Å². The summed E-state index contributed by atoms with van der Waals surface area (Å²) in [5.41, 5.74) is 0.564. The summed E-state index contributed by atoms with van der Waals surface area (Å²) in [4.78, 5) is 15.3. The molecule has 0 saturated heterocycles. The van der Waals surface area contributed by atoms with E-state index in [1.54, 1.807) is 12.1 Å². The van der Waals surface area contributed by atoms with Crippen LogP contribution < -0.4 is 0 Å². The molecular weight excluding hydrogens is 317 g/mol. The van der Waals surface area contributed by atoms with Crippen molar-refractivity contribution in [3.05, 3.63) is 39.9 Å². The van der Waals surface area contributed by atoms with E-state index in [1.165, 1.54) is 6.07 Å². The topological polar surface area (TPSA) is 63.3 Å². The molecule has 0 amide bonds. The Morgan fingerprint density at radius 2 is 2.21 bits per heavy atom. The van der Waals surface area contributed by atoms with Gasteiger partial charge in [0, 0.05) is 10.4 Å². The minimum atomic E-state index is -1.17. The molecule has 1 fully saturated rings. The summed E-state index contributed by atoms with van der Waals surface area (Å²) in [5, 5.41) is 9.10. The fourth-order valence-corrected chi connectivity index (χ4v) is 2.44. The summed E-state index contributed by atoms with van der Waals surface area (Å²) in [6, 6.07) is 4.48. The number of rotatable bonds is 3. The SMILES string of the molecule is O=C(O)c1oc(-c2c(F)cccc2Br)nc1C1CC1. The highest BCUT2D eigenvalue weighted by atomic mass is 79.9. The summed E-state index contributed by atoms with van der Waals surface area (Å²) in [6.07, 6.45) is 1.79. The molecule has 1 aliphatic rings. The molecule has 0 spiro atoms. The molecule has 2 aromatic rings. The number of nitrogens with zero attached hydrogens (tertiary/aromatic N) is 1. The zero-order valence-electron chi connectivity index (χ0n) is 9.69. The highest BCUT2D eigenvalue weighted by Gasteiger charge is 2.34. The van der Waals surface area contributed by atoms with Crippen LogP contribution in [0.5, 0.6) is 0 Å². The number of carboxylic acid groups (broad SMARTS) is 1. The molecule has 1 N–H and O–H groups in total. The van der Waals surface area contributed by atoms with Gasteiger partial charge in [-0.25, -0.2) is 14.2 Å². The van der Waals surface area contributed by atoms with Crippen LogP contribution in [0.4, 0.5) is 4.39 Å². The third-order valence-electron chi connectivity index (χ3n) is 2.99. The molecule has 1 heterocycles. The number of carbonyl (C=O) groups is 1. The minimum Gasteiger partial charge on any atom is -0.475 e. The van der Waals surface area contributed by atoms with Crippen LogP contribution in [0.3, 0.4) is 0 Å². The van der Waals surface area contributed by atoms with E-state index in [0.29, 0.717) is 10.2 Å². The molecule has 1 aromatic heterocycles. The van der Waals surface area contributed by atoms with Gasteiger partial charge < -0.3 is 9.52 Å². The summed E-state index contributed by atoms with van der Waals surface area (Å²) in [7, 11) is 0. The van der Waals surface area contributed by atoms with Crippen molar-refractivity contribution in [2.75, 3.05) is 0 Å². The van der Waals surface area contributed by atoms with Gasteiger partial charge in [-0.05, 0) is 40.9 Å². The second-order valence-electron chi connectivity index (χ2n) is 4.41. The minimum absolute atomic E-state index is 0.00396. The molecule has 0 bridgehead atoms. The summed E-state index contributed by atoms with van der Waals surface area (Å²) < 4.78 is 19.5. The van der Waals surface area contributed by atoms with Crippen LogP contribution in [-0.4, -0.2) is 16.1 Å². The predicted octanol–water partition coefficient (Wildman–Crippen LogP) is 3.82. The average Bonchev–Trinajstić information content (AvgIpc) is 3.09. The molecule has 0 aliphatic heterocycles. The lowest BCUT2D eigenvalue weighted by Gasteiger charge is -2.00. The first-order chi connectivity index (χ1) is 9.08. The fourth-order valence-electron chi connectivity index (χ4n) is 1.93. The van der Waals surface area contributed by atoms with Crippen molar-refractivity contribution in [3.8, 4) is 11.5 Å². The molecular formula is C13H9BrFNO3. The number of halogens is 2. The van der Waals surface area contributed by atoms with Crippen LogP contribution in [0.25, 0.3) is 11.5 Å². The zero-order valence-corrected chi connectivity index (χ0v) is 11.3. The number of hydrogen-bond acceptors (Lipinski definition) is 3. The lowest BCUT2D eigenvalue weighted by atomic mass is 10.2. The van der Waals surface area contributed by atoms with Crippen molar-refractivity contribution >= 4 is 21.9 Å². The number of aromatic nitrogens is 1. The van der Waals surface area contributed by atoms with E-state index in [9.17, 15) is 9.18 Å². The Balaban J connectivity index is 2.16. The number of carboxylic acids is 1. The smallest absolute Gasteiger partial charge is 0.373 e. The lowest BCUT2D eigenvalue weighted by molar-refractivity contribution is 0.0661. The Kier molecular flexibility index (Phi) is 2.89. The fraction of sp³-hybridized carbons (Fsp3) is 0.231. The Morgan fingerprint density at radius 3 is 2.79 bits per heavy atom. The van der Waals surface area contributed by atoms with Crippen molar-refractivity contribution in [3.63, 3.8) is 0 Å². The van der Waals surface area contributed by atoms with Gasteiger partial charge in [-0.15, -0.1) is 0 Å². The zero-order chi connectivity index (χ0) is 13.6. The number of aromatic carboxylic acids is 1. The molecule has 0 unspecified atom stereocenters. The molecule has 98 valence electrons. The number of hydrogen-bond donors (Lipinski definition) is 1. The van der Waals surface area contributed by atoms with Crippen LogP contribution in [0.15, 0.2) is 27.1 Å². The monoisotopic (exact) mass is 325 g/mol. The van der Waals surface area contributed by atoms with Crippen LogP contribution >= 0.6 is 15.9 Å². The Morgan fingerprint density at radius 1 is 1.47 bits per heavy atom. The standard InChI is InChI=1S/C13H9BrFNO3/c14-7-2-1-3-8(15)9(7)12-16-10(6-4-5-6)11(19-12)13(17)18/h1-3,6H,4-5H2,(H,17,18). The Labute approximate surface area is 116 Å². The van der Waals surface area contributed by atoms with Gasteiger partial charge in [0.25, 0.3) is 0 Å². The van der Waals surface area contributed by atoms with Crippen molar-refractivity contribution in [2.24, 2.45) is 0 Å². The predicted molar refractivity (Wildman–Crippen MR) is 68.5 cm³/mol. The van der Waals surface area contributed by atoms with Gasteiger partial charge in [-0.2, -0.15) is 0 Å². The summed E-state index contributed by atoms with van der Waals surface area (Å²) >= 11 is 3.22. The number of benzene rings is 1. The summed E-state index contributed by atoms with van der Waals surface area (Å²) in [5.74, 6) is -1.74. The molecule has 1 saturated carbocycles. The first-order valence-corrected chi connectivity index (χ1v) is 6.55. The summed E-state index contributed by atoms with van der Waals surface area (Å²) in [6.45, 7) is 0. The molecule has 0 radical (unpaired) electrons. The maximum atomic E-state index is 13.8. The van der Waals surface area contributed by atoms with Gasteiger partial charge in [0.15, 0.2) is 0 Å². The Hall–Kier alpha value is -1.69. The van der Waals surface area contributed by atoms with Crippen molar-refractivity contribution in [2.45, 2.75) is 18.8 Å². The van der Waals surface area contributed by atoms with E-state index in [4.69, 9.17) is 9.52 Å². The third-order valence-corrected chi connectivity index (χ3v) is 3.65. The van der Waals surface area contributed by atoms with E-state index in [-0.39, 0.29) is 23.1 Å². The third kappa shape index (κ3) is 2.16. The largest absolute Gasteiger partial charge is 0.475 e. The second-order valence-corrected chi connectivity index (χ2v) is 5.26. The number of oxazole rings is 1. The van der Waals surface area contributed by atoms with Gasteiger partial charge in [-0.3, -0.25) is 0 Å². The maximum absolute atomic E-state index is 13.8. The van der Waals surface area contributed by atoms with E-state index in [0.717, 1.165) is 12.8 Å². The van der Waals surface area contributed by atoms with Crippen molar-refractivity contribution in [1.29, 1.82) is 0 Å². The lowest BCUT2D eigenvalue weighted by Crippen LogP contribution is -1.98. The molecule has 6 heteroatoms. The van der Waals surface area contributed by atoms with Crippen LogP contribution in [0, 0.1) is 5.82 Å². The molecule has 19 heavy (non-hydrogen) atoms. The quantitative estimate of drug-likeness (QED) is 0.931. The first kappa shape index (κ1) is 12.3. The van der Waals surface area contributed by atoms with Crippen molar-refractivity contribution < 1.29 is 18.7 Å². The van der Waals surface area contributed by atoms with Gasteiger partial charge in [0.05, 0.1) is 11.3 Å². The van der Waals surface area contributed by atoms with Gasteiger partial charge >= 0.3 is 5.97 Å². The molecule has 1 aromatic carbocycles. The maximum Gasteiger partial charge on any atom is 0.373 e. The normalized spacial score (nSPS) is 14.6.